The molecule has 0 atom stereocenters. The van der Waals surface area contributed by atoms with Crippen LogP contribution in [0.25, 0.3) is 0 Å². The maximum atomic E-state index is 11.5. The largest absolute Gasteiger partial charge is 0.355 e. The smallest absolute Gasteiger partial charge is 0.233 e. The first-order chi connectivity index (χ1) is 7.84. The predicted octanol–water partition coefficient (Wildman–Crippen LogP) is 2.28. The highest BCUT2D eigenvalue weighted by Crippen LogP contribution is 2.19. The molecule has 2 N–H and O–H groups in total. The number of nitrogens with one attached hydrogen (secondary N) is 2. The zero-order chi connectivity index (χ0) is 13.4. The maximum absolute atomic E-state index is 11.5. The summed E-state index contributed by atoms with van der Waals surface area (Å²) in [7, 11) is 0. The van der Waals surface area contributed by atoms with Gasteiger partial charge in [-0.05, 0) is 30.2 Å². The number of carbonyl (C=O) groups excluding carboxylic acids is 1. The first-order valence-electron chi connectivity index (χ1n) is 6.82. The van der Waals surface area contributed by atoms with Crippen molar-refractivity contribution in [3.05, 3.63) is 0 Å². The Bertz CT molecular complexity index is 204. The van der Waals surface area contributed by atoms with Gasteiger partial charge in [0.2, 0.25) is 5.91 Å². The van der Waals surface area contributed by atoms with E-state index in [1.807, 2.05) is 0 Å². The van der Waals surface area contributed by atoms with Crippen molar-refractivity contribution in [1.29, 1.82) is 0 Å². The fourth-order valence-electron chi connectivity index (χ4n) is 1.97. The Hall–Kier alpha value is -0.570. The second-order valence-corrected chi connectivity index (χ2v) is 5.98. The van der Waals surface area contributed by atoms with E-state index in [1.54, 1.807) is 0 Å². The van der Waals surface area contributed by atoms with Crippen molar-refractivity contribution >= 4 is 5.91 Å². The molecule has 0 aliphatic rings. The van der Waals surface area contributed by atoms with Gasteiger partial charge >= 0.3 is 0 Å². The molecule has 0 aliphatic carbocycles. The third-order valence-electron chi connectivity index (χ3n) is 3.09. The van der Waals surface area contributed by atoms with Crippen LogP contribution in [0.15, 0.2) is 0 Å². The maximum Gasteiger partial charge on any atom is 0.233 e. The molecule has 3 nitrogen and oxygen atoms in total. The molecule has 0 rings (SSSR count). The van der Waals surface area contributed by atoms with E-state index in [0.717, 1.165) is 13.1 Å². The van der Waals surface area contributed by atoms with Crippen LogP contribution >= 0.6 is 0 Å². The van der Waals surface area contributed by atoms with E-state index in [2.05, 4.69) is 52.2 Å². The van der Waals surface area contributed by atoms with Crippen molar-refractivity contribution in [2.75, 3.05) is 19.6 Å². The van der Waals surface area contributed by atoms with Crippen molar-refractivity contribution in [2.45, 2.75) is 41.5 Å². The summed E-state index contributed by atoms with van der Waals surface area (Å²) in [5, 5.41) is 6.17. The van der Waals surface area contributed by atoms with Gasteiger partial charge in [0.25, 0.3) is 0 Å². The molecule has 0 saturated heterocycles. The fourth-order valence-corrected chi connectivity index (χ4v) is 1.97. The lowest BCUT2D eigenvalue weighted by Gasteiger charge is -2.25. The van der Waals surface area contributed by atoms with Gasteiger partial charge < -0.3 is 10.6 Å². The molecule has 0 radical (unpaired) electrons. The molecule has 102 valence electrons. The SMILES string of the molecule is CC(C)CNC(=O)CNCC(C(C)C)C(C)C. The van der Waals surface area contributed by atoms with Crippen LogP contribution in [0.1, 0.15) is 41.5 Å². The summed E-state index contributed by atoms with van der Waals surface area (Å²) in [5.74, 6) is 2.55. The van der Waals surface area contributed by atoms with Gasteiger partial charge in [-0.25, -0.2) is 0 Å². The van der Waals surface area contributed by atoms with E-state index >= 15 is 0 Å². The zero-order valence-electron chi connectivity index (χ0n) is 12.3. The van der Waals surface area contributed by atoms with Crippen molar-refractivity contribution in [1.82, 2.24) is 10.6 Å². The third kappa shape index (κ3) is 8.19. The number of rotatable bonds is 8. The standard InChI is InChI=1S/C14H30N2O/c1-10(2)7-16-14(17)9-15-8-13(11(3)4)12(5)6/h10-13,15H,7-9H2,1-6H3,(H,16,17). The van der Waals surface area contributed by atoms with Crippen LogP contribution < -0.4 is 10.6 Å². The molecule has 0 aliphatic heterocycles. The fraction of sp³-hybridized carbons (Fsp3) is 0.929. The Balaban J connectivity index is 3.77. The van der Waals surface area contributed by atoms with Crippen molar-refractivity contribution < 1.29 is 4.79 Å². The number of carbonyl (C=O) groups is 1. The normalized spacial score (nSPS) is 11.9. The van der Waals surface area contributed by atoms with Gasteiger partial charge in [-0.3, -0.25) is 4.79 Å². The highest BCUT2D eigenvalue weighted by Gasteiger charge is 2.17. The van der Waals surface area contributed by atoms with Gasteiger partial charge in [-0.15, -0.1) is 0 Å². The van der Waals surface area contributed by atoms with E-state index in [0.29, 0.717) is 30.2 Å². The van der Waals surface area contributed by atoms with E-state index in [4.69, 9.17) is 0 Å². The summed E-state index contributed by atoms with van der Waals surface area (Å²) in [4.78, 5) is 11.5. The van der Waals surface area contributed by atoms with Gasteiger partial charge in [-0.1, -0.05) is 41.5 Å². The average molecular weight is 242 g/mol. The minimum atomic E-state index is 0.102. The molecular weight excluding hydrogens is 212 g/mol. The number of hydrogen-bond acceptors (Lipinski definition) is 2. The Morgan fingerprint density at radius 1 is 0.941 bits per heavy atom. The van der Waals surface area contributed by atoms with Crippen molar-refractivity contribution in [3.8, 4) is 0 Å². The first-order valence-corrected chi connectivity index (χ1v) is 6.82. The minimum Gasteiger partial charge on any atom is -0.355 e. The third-order valence-corrected chi connectivity index (χ3v) is 3.09. The molecule has 0 fully saturated rings. The average Bonchev–Trinajstić information content (AvgIpc) is 2.20. The lowest BCUT2D eigenvalue weighted by Crippen LogP contribution is -2.39. The summed E-state index contributed by atoms with van der Waals surface area (Å²) in [6.45, 7) is 15.3. The second kappa shape index (κ2) is 8.51. The first kappa shape index (κ1) is 16.4. The lowest BCUT2D eigenvalue weighted by molar-refractivity contribution is -0.120. The van der Waals surface area contributed by atoms with E-state index in [9.17, 15) is 4.79 Å². The molecule has 0 aromatic carbocycles. The molecule has 0 spiro atoms. The molecular formula is C14H30N2O. The van der Waals surface area contributed by atoms with Crippen LogP contribution in [0.3, 0.4) is 0 Å². The van der Waals surface area contributed by atoms with Gasteiger partial charge in [0, 0.05) is 6.54 Å². The van der Waals surface area contributed by atoms with Crippen LogP contribution in [-0.4, -0.2) is 25.5 Å². The molecule has 17 heavy (non-hydrogen) atoms. The topological polar surface area (TPSA) is 41.1 Å². The Kier molecular flexibility index (Phi) is 8.23. The number of amides is 1. The molecule has 0 heterocycles. The van der Waals surface area contributed by atoms with Crippen LogP contribution in [-0.2, 0) is 4.79 Å². The highest BCUT2D eigenvalue weighted by atomic mass is 16.1. The van der Waals surface area contributed by atoms with Crippen molar-refractivity contribution in [2.24, 2.45) is 23.7 Å². The molecule has 0 bridgehead atoms. The van der Waals surface area contributed by atoms with Gasteiger partial charge in [0.1, 0.15) is 0 Å². The van der Waals surface area contributed by atoms with E-state index in [1.165, 1.54) is 0 Å². The molecule has 1 amide bonds. The predicted molar refractivity (Wildman–Crippen MR) is 73.9 cm³/mol. The lowest BCUT2D eigenvalue weighted by atomic mass is 9.85. The summed E-state index contributed by atoms with van der Waals surface area (Å²) >= 11 is 0. The van der Waals surface area contributed by atoms with Crippen LogP contribution in [0.4, 0.5) is 0 Å². The summed E-state index contributed by atoms with van der Waals surface area (Å²) in [6, 6.07) is 0. The zero-order valence-corrected chi connectivity index (χ0v) is 12.3. The van der Waals surface area contributed by atoms with Crippen LogP contribution in [0, 0.1) is 23.7 Å². The summed E-state index contributed by atoms with van der Waals surface area (Å²) in [5.41, 5.74) is 0. The Labute approximate surface area is 107 Å². The quantitative estimate of drug-likeness (QED) is 0.685. The molecule has 3 heteroatoms. The number of hydrogen-bond donors (Lipinski definition) is 2. The Morgan fingerprint density at radius 2 is 1.47 bits per heavy atom. The van der Waals surface area contributed by atoms with E-state index < -0.39 is 0 Å². The molecule has 0 aromatic rings. The van der Waals surface area contributed by atoms with Gasteiger partial charge in [0.05, 0.1) is 6.54 Å². The summed E-state index contributed by atoms with van der Waals surface area (Å²) in [6.07, 6.45) is 0. The second-order valence-electron chi connectivity index (χ2n) is 5.98. The monoisotopic (exact) mass is 242 g/mol. The minimum absolute atomic E-state index is 0.102. The molecule has 0 saturated carbocycles. The van der Waals surface area contributed by atoms with Crippen LogP contribution in [0.2, 0.25) is 0 Å². The molecule has 0 unspecified atom stereocenters. The van der Waals surface area contributed by atoms with Crippen molar-refractivity contribution in [3.63, 3.8) is 0 Å². The van der Waals surface area contributed by atoms with Gasteiger partial charge in [0.15, 0.2) is 0 Å². The van der Waals surface area contributed by atoms with Crippen LogP contribution in [0.5, 0.6) is 0 Å². The summed E-state index contributed by atoms with van der Waals surface area (Å²) < 4.78 is 0. The highest BCUT2D eigenvalue weighted by molar-refractivity contribution is 5.77. The van der Waals surface area contributed by atoms with Gasteiger partial charge in [-0.2, -0.15) is 0 Å². The van der Waals surface area contributed by atoms with E-state index in [-0.39, 0.29) is 5.91 Å². The molecule has 0 aromatic heterocycles. The Morgan fingerprint density at radius 3 is 1.88 bits per heavy atom.